The maximum absolute atomic E-state index is 6.48. The summed E-state index contributed by atoms with van der Waals surface area (Å²) in [5, 5.41) is 6.01. The Balaban J connectivity index is 0.00000129. The van der Waals surface area contributed by atoms with Crippen LogP contribution in [0, 0.1) is 0 Å². The fourth-order valence-electron chi connectivity index (χ4n) is 3.26. The van der Waals surface area contributed by atoms with E-state index in [1.165, 1.54) is 15.3 Å². The van der Waals surface area contributed by atoms with Gasteiger partial charge in [0.25, 0.3) is 0 Å². The summed E-state index contributed by atoms with van der Waals surface area (Å²) in [6.45, 7) is 14.3. The van der Waals surface area contributed by atoms with Gasteiger partial charge in [0.15, 0.2) is 0 Å². The number of benzene rings is 1. The molecule has 0 spiro atoms. The van der Waals surface area contributed by atoms with Crippen LogP contribution in [-0.4, -0.2) is 21.3 Å². The first-order valence-electron chi connectivity index (χ1n) is 11.9. The number of allylic oxidation sites excluding steroid dienone is 3. The molecule has 0 aliphatic heterocycles. The Morgan fingerprint density at radius 2 is 1.82 bits per heavy atom. The van der Waals surface area contributed by atoms with Crippen LogP contribution in [0.2, 0.25) is 5.02 Å². The van der Waals surface area contributed by atoms with Crippen molar-refractivity contribution in [3.05, 3.63) is 76.3 Å². The maximum Gasteiger partial charge on any atom is 0.0844 e. The Bertz CT molecular complexity index is 1010. The van der Waals surface area contributed by atoms with Crippen LogP contribution in [0.4, 0.5) is 0 Å². The van der Waals surface area contributed by atoms with Gasteiger partial charge in [-0.05, 0) is 68.8 Å². The van der Waals surface area contributed by atoms with E-state index in [4.69, 9.17) is 16.7 Å². The van der Waals surface area contributed by atoms with E-state index >= 15 is 0 Å². The zero-order valence-electron chi connectivity index (χ0n) is 21.4. The van der Waals surface area contributed by atoms with Crippen LogP contribution in [0.25, 0.3) is 21.8 Å². The third-order valence-corrected chi connectivity index (χ3v) is 7.29. The molecule has 3 aromatic rings. The second-order valence-electron chi connectivity index (χ2n) is 6.72. The summed E-state index contributed by atoms with van der Waals surface area (Å²) in [4.78, 5) is 2.52. The van der Waals surface area contributed by atoms with Gasteiger partial charge in [-0.2, -0.15) is 16.9 Å². The Labute approximate surface area is 214 Å². The number of para-hydroxylation sites is 1. The minimum Gasteiger partial charge on any atom is -0.230 e. The van der Waals surface area contributed by atoms with E-state index in [1.54, 1.807) is 0 Å². The Hall–Kier alpha value is -1.75. The minimum absolute atomic E-state index is 0.497. The summed E-state index contributed by atoms with van der Waals surface area (Å²) in [6.07, 6.45) is 10.8. The highest BCUT2D eigenvalue weighted by atomic mass is 35.5. The highest BCUT2D eigenvalue weighted by molar-refractivity contribution is 7.99. The highest BCUT2D eigenvalue weighted by Crippen LogP contribution is 2.37. The van der Waals surface area contributed by atoms with E-state index in [0.29, 0.717) is 10.3 Å². The fraction of sp³-hybridized carbons (Fsp3) is 0.393. The van der Waals surface area contributed by atoms with Crippen molar-refractivity contribution in [2.24, 2.45) is 0 Å². The van der Waals surface area contributed by atoms with Crippen LogP contribution in [-0.2, 0) is 6.42 Å². The number of hydrogen-bond acceptors (Lipinski definition) is 3. The molecule has 0 aliphatic rings. The van der Waals surface area contributed by atoms with Crippen molar-refractivity contribution >= 4 is 40.3 Å². The van der Waals surface area contributed by atoms with Gasteiger partial charge in [-0.1, -0.05) is 76.6 Å². The molecule has 0 amide bonds. The van der Waals surface area contributed by atoms with Gasteiger partial charge >= 0.3 is 0 Å². The van der Waals surface area contributed by atoms with E-state index in [1.807, 2.05) is 79.7 Å². The third-order valence-electron chi connectivity index (χ3n) is 4.86. The van der Waals surface area contributed by atoms with Gasteiger partial charge < -0.3 is 0 Å². The quantitative estimate of drug-likeness (QED) is 0.285. The van der Waals surface area contributed by atoms with E-state index in [0.717, 1.165) is 29.9 Å². The molecule has 1 atom stereocenters. The SMILES string of the molecule is C/C=C\C(C/C(=C\C)c1ccc(-c2cc(CC)nn2-c2ccccc2Cl)s1)SC.CC.CC. The monoisotopic (exact) mass is 502 g/mol. The highest BCUT2D eigenvalue weighted by Gasteiger charge is 2.16. The van der Waals surface area contributed by atoms with Crippen molar-refractivity contribution in [1.29, 1.82) is 0 Å². The molecule has 0 fully saturated rings. The van der Waals surface area contributed by atoms with Gasteiger partial charge in [0.05, 0.1) is 27.0 Å². The molecule has 2 aromatic heterocycles. The number of hydrogen-bond donors (Lipinski definition) is 0. The average Bonchev–Trinajstić information content (AvgIpc) is 3.52. The van der Waals surface area contributed by atoms with Crippen molar-refractivity contribution < 1.29 is 0 Å². The molecular weight excluding hydrogens is 464 g/mol. The van der Waals surface area contributed by atoms with Crippen molar-refractivity contribution in [2.75, 3.05) is 6.26 Å². The summed E-state index contributed by atoms with van der Waals surface area (Å²) in [6, 6.07) is 14.5. The van der Waals surface area contributed by atoms with Gasteiger partial charge in [-0.25, -0.2) is 4.68 Å². The molecule has 3 rings (SSSR count). The molecule has 180 valence electrons. The maximum atomic E-state index is 6.48. The number of halogens is 1. The van der Waals surface area contributed by atoms with Gasteiger partial charge in [0.2, 0.25) is 0 Å². The lowest BCUT2D eigenvalue weighted by atomic mass is 10.1. The first kappa shape index (κ1) is 29.3. The van der Waals surface area contributed by atoms with E-state index in [9.17, 15) is 0 Å². The number of aromatic nitrogens is 2. The van der Waals surface area contributed by atoms with E-state index < -0.39 is 0 Å². The van der Waals surface area contributed by atoms with Crippen LogP contribution in [0.1, 0.15) is 65.5 Å². The first-order chi connectivity index (χ1) is 16.1. The Morgan fingerprint density at radius 3 is 2.39 bits per heavy atom. The van der Waals surface area contributed by atoms with Crippen LogP contribution in [0.3, 0.4) is 0 Å². The lowest BCUT2D eigenvalue weighted by Gasteiger charge is -2.12. The Morgan fingerprint density at radius 1 is 1.12 bits per heavy atom. The number of aryl methyl sites for hydroxylation is 1. The molecule has 2 heterocycles. The van der Waals surface area contributed by atoms with Crippen molar-refractivity contribution in [3.63, 3.8) is 0 Å². The van der Waals surface area contributed by atoms with Gasteiger partial charge in [0.1, 0.15) is 0 Å². The topological polar surface area (TPSA) is 17.8 Å². The number of thioether (sulfide) groups is 1. The van der Waals surface area contributed by atoms with Gasteiger partial charge in [-0.15, -0.1) is 11.3 Å². The van der Waals surface area contributed by atoms with Crippen LogP contribution >= 0.6 is 34.7 Å². The van der Waals surface area contributed by atoms with E-state index in [2.05, 4.69) is 63.5 Å². The number of thiophene rings is 1. The van der Waals surface area contributed by atoms with Crippen LogP contribution in [0.5, 0.6) is 0 Å². The minimum atomic E-state index is 0.497. The molecule has 0 saturated heterocycles. The lowest BCUT2D eigenvalue weighted by molar-refractivity contribution is 0.848. The molecule has 0 radical (unpaired) electrons. The van der Waals surface area contributed by atoms with Crippen molar-refractivity contribution in [3.8, 4) is 16.3 Å². The summed E-state index contributed by atoms with van der Waals surface area (Å²) in [7, 11) is 0. The number of rotatable bonds is 8. The average molecular weight is 503 g/mol. The first-order valence-corrected chi connectivity index (χ1v) is 14.3. The van der Waals surface area contributed by atoms with Crippen molar-refractivity contribution in [2.45, 2.75) is 66.6 Å². The fourth-order valence-corrected chi connectivity index (χ4v) is 5.22. The smallest absolute Gasteiger partial charge is 0.0844 e. The van der Waals surface area contributed by atoms with Crippen LogP contribution in [0.15, 0.2) is 60.7 Å². The summed E-state index contributed by atoms with van der Waals surface area (Å²) in [5.41, 5.74) is 4.46. The molecule has 1 aromatic carbocycles. The van der Waals surface area contributed by atoms with Gasteiger partial charge in [0, 0.05) is 10.1 Å². The standard InChI is InChI=1S/C24H27ClN2S2.2C2H6/c1-5-10-19(28-4)15-17(6-2)23-13-14-24(29-23)22-16-18(7-3)26-27(22)21-12-9-8-11-20(21)25;2*1-2/h5-6,8-14,16,19H,7,15H2,1-4H3;2*1-2H3/b10-5-,17-6+;;. The molecule has 0 aliphatic carbocycles. The predicted molar refractivity (Wildman–Crippen MR) is 154 cm³/mol. The summed E-state index contributed by atoms with van der Waals surface area (Å²) >= 11 is 10.2. The molecule has 0 bridgehead atoms. The van der Waals surface area contributed by atoms with Crippen molar-refractivity contribution in [1.82, 2.24) is 9.78 Å². The second-order valence-corrected chi connectivity index (χ2v) is 9.29. The third kappa shape index (κ3) is 7.91. The molecule has 33 heavy (non-hydrogen) atoms. The molecular formula is C28H39ClN2S2. The van der Waals surface area contributed by atoms with Crippen LogP contribution < -0.4 is 0 Å². The molecule has 5 heteroatoms. The lowest BCUT2D eigenvalue weighted by Crippen LogP contribution is -1.99. The zero-order chi connectivity index (χ0) is 24.8. The zero-order valence-corrected chi connectivity index (χ0v) is 23.7. The molecule has 0 saturated carbocycles. The van der Waals surface area contributed by atoms with E-state index in [-0.39, 0.29) is 0 Å². The largest absolute Gasteiger partial charge is 0.230 e. The van der Waals surface area contributed by atoms with Gasteiger partial charge in [-0.3, -0.25) is 0 Å². The second kappa shape index (κ2) is 16.0. The predicted octanol–water partition coefficient (Wildman–Crippen LogP) is 9.97. The molecule has 1 unspecified atom stereocenters. The summed E-state index contributed by atoms with van der Waals surface area (Å²) < 4.78 is 1.98. The normalized spacial score (nSPS) is 12.1. The number of nitrogens with zero attached hydrogens (tertiary/aromatic N) is 2. The molecule has 2 nitrogen and oxygen atoms in total. The molecule has 0 N–H and O–H groups in total. The summed E-state index contributed by atoms with van der Waals surface area (Å²) in [5.74, 6) is 0. The Kier molecular flexibility index (Phi) is 14.2.